The summed E-state index contributed by atoms with van der Waals surface area (Å²) in [5.41, 5.74) is 0.578. The van der Waals surface area contributed by atoms with E-state index in [4.69, 9.17) is 4.52 Å². The van der Waals surface area contributed by atoms with Gasteiger partial charge in [0.2, 0.25) is 5.89 Å². The number of likely N-dealkylation sites (tertiary alicyclic amines) is 2. The van der Waals surface area contributed by atoms with Crippen LogP contribution in [-0.2, 0) is 13.0 Å². The third kappa shape index (κ3) is 4.72. The molecule has 0 spiro atoms. The second-order valence-electron chi connectivity index (χ2n) is 7.67. The van der Waals surface area contributed by atoms with Gasteiger partial charge in [0.1, 0.15) is 5.82 Å². The Morgan fingerprint density at radius 3 is 2.74 bits per heavy atom. The van der Waals surface area contributed by atoms with Crippen molar-refractivity contribution < 1.29 is 14.0 Å². The standard InChI is InChI=1S/C20H27FN4O2/c21-18-6-2-1-4-15(18)12-19-22-20(27-23-19)14-24-10-7-16(8-11-24)25-9-3-5-17(26)13-25/h1-2,4,6,16-17,26H,3,5,7-14H2/t17-/m1/s1. The van der Waals surface area contributed by atoms with Gasteiger partial charge in [-0.05, 0) is 43.9 Å². The molecular weight excluding hydrogens is 347 g/mol. The Labute approximate surface area is 159 Å². The van der Waals surface area contributed by atoms with E-state index in [9.17, 15) is 9.50 Å². The molecule has 2 aromatic rings. The van der Waals surface area contributed by atoms with Crippen LogP contribution in [0.1, 0.15) is 43.0 Å². The average molecular weight is 374 g/mol. The fourth-order valence-corrected chi connectivity index (χ4v) is 4.19. The van der Waals surface area contributed by atoms with Gasteiger partial charge in [0.15, 0.2) is 5.82 Å². The van der Waals surface area contributed by atoms with Crippen molar-refractivity contribution >= 4 is 0 Å². The largest absolute Gasteiger partial charge is 0.392 e. The highest BCUT2D eigenvalue weighted by Crippen LogP contribution is 2.22. The van der Waals surface area contributed by atoms with Crippen LogP contribution in [0, 0.1) is 5.82 Å². The number of piperidine rings is 2. The van der Waals surface area contributed by atoms with Crippen molar-refractivity contribution in [2.75, 3.05) is 26.2 Å². The summed E-state index contributed by atoms with van der Waals surface area (Å²) in [6.07, 6.45) is 4.40. The summed E-state index contributed by atoms with van der Waals surface area (Å²) >= 11 is 0. The molecule has 1 atom stereocenters. The lowest BCUT2D eigenvalue weighted by Gasteiger charge is -2.41. The number of benzene rings is 1. The summed E-state index contributed by atoms with van der Waals surface area (Å²) < 4.78 is 19.1. The number of aliphatic hydroxyl groups excluding tert-OH is 1. The molecule has 0 unspecified atom stereocenters. The molecule has 3 heterocycles. The molecule has 1 aromatic heterocycles. The number of hydrogen-bond donors (Lipinski definition) is 1. The third-order valence-corrected chi connectivity index (χ3v) is 5.68. The Balaban J connectivity index is 1.27. The van der Waals surface area contributed by atoms with E-state index in [2.05, 4.69) is 19.9 Å². The topological polar surface area (TPSA) is 65.6 Å². The molecule has 7 heteroatoms. The van der Waals surface area contributed by atoms with Crippen molar-refractivity contribution in [3.8, 4) is 0 Å². The molecule has 2 aliphatic heterocycles. The second-order valence-corrected chi connectivity index (χ2v) is 7.67. The SMILES string of the molecule is O[C@@H]1CCCN(C2CCN(Cc3nc(Cc4ccccc4F)no3)CC2)C1. The fraction of sp³-hybridized carbons (Fsp3) is 0.600. The van der Waals surface area contributed by atoms with Crippen molar-refractivity contribution in [3.05, 3.63) is 47.4 Å². The Kier molecular flexibility index (Phi) is 5.80. The van der Waals surface area contributed by atoms with Crippen molar-refractivity contribution in [1.29, 1.82) is 0 Å². The molecule has 0 radical (unpaired) electrons. The smallest absolute Gasteiger partial charge is 0.240 e. The van der Waals surface area contributed by atoms with Crippen LogP contribution in [0.4, 0.5) is 4.39 Å². The molecule has 2 saturated heterocycles. The zero-order chi connectivity index (χ0) is 18.6. The number of aliphatic hydroxyl groups is 1. The average Bonchev–Trinajstić information content (AvgIpc) is 3.11. The van der Waals surface area contributed by atoms with Gasteiger partial charge in [0, 0.05) is 32.1 Å². The molecule has 0 saturated carbocycles. The van der Waals surface area contributed by atoms with Crippen LogP contribution in [0.5, 0.6) is 0 Å². The van der Waals surface area contributed by atoms with E-state index < -0.39 is 0 Å². The van der Waals surface area contributed by atoms with Crippen molar-refractivity contribution in [3.63, 3.8) is 0 Å². The molecule has 1 N–H and O–H groups in total. The molecule has 146 valence electrons. The fourth-order valence-electron chi connectivity index (χ4n) is 4.19. The highest BCUT2D eigenvalue weighted by atomic mass is 19.1. The number of halogens is 1. The van der Waals surface area contributed by atoms with E-state index in [1.807, 2.05) is 6.07 Å². The van der Waals surface area contributed by atoms with Gasteiger partial charge in [-0.25, -0.2) is 4.39 Å². The minimum Gasteiger partial charge on any atom is -0.392 e. The molecule has 6 nitrogen and oxygen atoms in total. The molecule has 27 heavy (non-hydrogen) atoms. The van der Waals surface area contributed by atoms with Crippen molar-refractivity contribution in [1.82, 2.24) is 19.9 Å². The van der Waals surface area contributed by atoms with Crippen molar-refractivity contribution in [2.45, 2.75) is 50.8 Å². The summed E-state index contributed by atoms with van der Waals surface area (Å²) in [4.78, 5) is 9.21. The Morgan fingerprint density at radius 2 is 1.96 bits per heavy atom. The van der Waals surface area contributed by atoms with Crippen LogP contribution >= 0.6 is 0 Å². The van der Waals surface area contributed by atoms with Crippen molar-refractivity contribution in [2.24, 2.45) is 0 Å². The number of rotatable bonds is 5. The summed E-state index contributed by atoms with van der Waals surface area (Å²) in [6.45, 7) is 4.53. The number of β-amino-alcohol motifs (C(OH)–C–C–N with tert-alkyl or cyclic N) is 1. The van der Waals surface area contributed by atoms with Gasteiger partial charge in [-0.15, -0.1) is 0 Å². The minimum atomic E-state index is -0.242. The predicted molar refractivity (Wildman–Crippen MR) is 98.6 cm³/mol. The maximum absolute atomic E-state index is 13.8. The molecule has 2 fully saturated rings. The second kappa shape index (κ2) is 8.46. The predicted octanol–water partition coefficient (Wildman–Crippen LogP) is 2.22. The van der Waals surface area contributed by atoms with E-state index in [0.29, 0.717) is 36.3 Å². The highest BCUT2D eigenvalue weighted by molar-refractivity contribution is 5.20. The molecule has 4 rings (SSSR count). The Morgan fingerprint density at radius 1 is 1.15 bits per heavy atom. The monoisotopic (exact) mass is 374 g/mol. The molecule has 0 aliphatic carbocycles. The van der Waals surface area contributed by atoms with E-state index in [0.717, 1.165) is 51.9 Å². The van der Waals surface area contributed by atoms with Crippen LogP contribution in [0.2, 0.25) is 0 Å². The first kappa shape index (κ1) is 18.5. The Bertz CT molecular complexity index is 745. The van der Waals surface area contributed by atoms with Crippen LogP contribution in [0.3, 0.4) is 0 Å². The normalized spacial score (nSPS) is 23.0. The number of aromatic nitrogens is 2. The van der Waals surface area contributed by atoms with Gasteiger partial charge in [-0.3, -0.25) is 9.80 Å². The first-order valence-corrected chi connectivity index (χ1v) is 9.87. The number of hydrogen-bond acceptors (Lipinski definition) is 6. The van der Waals surface area contributed by atoms with E-state index in [-0.39, 0.29) is 11.9 Å². The molecule has 0 bridgehead atoms. The zero-order valence-corrected chi connectivity index (χ0v) is 15.6. The highest BCUT2D eigenvalue weighted by Gasteiger charge is 2.28. The molecule has 2 aliphatic rings. The van der Waals surface area contributed by atoms with E-state index >= 15 is 0 Å². The van der Waals surface area contributed by atoms with E-state index in [1.165, 1.54) is 6.07 Å². The molecule has 0 amide bonds. The first-order chi connectivity index (χ1) is 13.2. The quantitative estimate of drug-likeness (QED) is 0.866. The molecule has 1 aromatic carbocycles. The van der Waals surface area contributed by atoms with Crippen LogP contribution < -0.4 is 0 Å². The van der Waals surface area contributed by atoms with Gasteiger partial charge >= 0.3 is 0 Å². The maximum atomic E-state index is 13.8. The maximum Gasteiger partial charge on any atom is 0.240 e. The summed E-state index contributed by atoms with van der Waals surface area (Å²) in [5, 5.41) is 13.9. The summed E-state index contributed by atoms with van der Waals surface area (Å²) in [5.74, 6) is 0.870. The van der Waals surface area contributed by atoms with Crippen LogP contribution in [0.15, 0.2) is 28.8 Å². The van der Waals surface area contributed by atoms with Crippen LogP contribution in [0.25, 0.3) is 0 Å². The Hall–Kier alpha value is -1.83. The summed E-state index contributed by atoms with van der Waals surface area (Å²) in [7, 11) is 0. The van der Waals surface area contributed by atoms with Gasteiger partial charge in [0.25, 0.3) is 0 Å². The first-order valence-electron chi connectivity index (χ1n) is 9.87. The van der Waals surface area contributed by atoms with Crippen LogP contribution in [-0.4, -0.2) is 63.4 Å². The minimum absolute atomic E-state index is 0.164. The zero-order valence-electron chi connectivity index (χ0n) is 15.6. The summed E-state index contributed by atoms with van der Waals surface area (Å²) in [6, 6.07) is 7.24. The van der Waals surface area contributed by atoms with Gasteiger partial charge in [-0.1, -0.05) is 23.4 Å². The molecular formula is C20H27FN4O2. The lowest BCUT2D eigenvalue weighted by molar-refractivity contribution is 0.0231. The van der Waals surface area contributed by atoms with E-state index in [1.54, 1.807) is 12.1 Å². The van der Waals surface area contributed by atoms with Gasteiger partial charge < -0.3 is 9.63 Å². The lowest BCUT2D eigenvalue weighted by atomic mass is 9.99. The number of nitrogens with zero attached hydrogens (tertiary/aromatic N) is 4. The third-order valence-electron chi connectivity index (χ3n) is 5.68. The lowest BCUT2D eigenvalue weighted by Crippen LogP contribution is -2.49. The van der Waals surface area contributed by atoms with Gasteiger partial charge in [-0.2, -0.15) is 4.98 Å². The van der Waals surface area contributed by atoms with Gasteiger partial charge in [0.05, 0.1) is 12.6 Å².